The fourth-order valence-corrected chi connectivity index (χ4v) is 3.64. The maximum absolute atomic E-state index is 10.1. The van der Waals surface area contributed by atoms with Crippen LogP contribution in [-0.4, -0.2) is 45.9 Å². The van der Waals surface area contributed by atoms with E-state index in [9.17, 15) is 10.2 Å². The quantitative estimate of drug-likeness (QED) is 0.791. The highest BCUT2D eigenvalue weighted by molar-refractivity contribution is 4.92. The second kappa shape index (κ2) is 5.68. The van der Waals surface area contributed by atoms with E-state index in [1.807, 2.05) is 6.92 Å². The molecule has 3 heteroatoms. The molecule has 0 radical (unpaired) electrons. The molecule has 2 fully saturated rings. The van der Waals surface area contributed by atoms with E-state index in [0.29, 0.717) is 12.0 Å². The molecule has 1 aliphatic heterocycles. The first-order valence-electron chi connectivity index (χ1n) is 7.23. The lowest BCUT2D eigenvalue weighted by molar-refractivity contribution is -0.0195. The highest BCUT2D eigenvalue weighted by Crippen LogP contribution is 2.36. The molecular formula is C14H27NO2. The van der Waals surface area contributed by atoms with Crippen molar-refractivity contribution < 1.29 is 10.2 Å². The zero-order valence-electron chi connectivity index (χ0n) is 11.2. The van der Waals surface area contributed by atoms with Crippen molar-refractivity contribution in [2.75, 3.05) is 6.54 Å². The van der Waals surface area contributed by atoms with Crippen LogP contribution >= 0.6 is 0 Å². The first kappa shape index (κ1) is 13.3. The topological polar surface area (TPSA) is 43.7 Å². The highest BCUT2D eigenvalue weighted by atomic mass is 16.3. The van der Waals surface area contributed by atoms with Crippen LogP contribution < -0.4 is 0 Å². The van der Waals surface area contributed by atoms with E-state index in [2.05, 4.69) is 11.8 Å². The van der Waals surface area contributed by atoms with Crippen LogP contribution in [0.15, 0.2) is 0 Å². The number of aliphatic hydroxyl groups excluding tert-OH is 2. The van der Waals surface area contributed by atoms with Crippen molar-refractivity contribution in [1.82, 2.24) is 4.90 Å². The molecule has 1 aliphatic carbocycles. The summed E-state index contributed by atoms with van der Waals surface area (Å²) < 4.78 is 0. The zero-order valence-corrected chi connectivity index (χ0v) is 11.2. The van der Waals surface area contributed by atoms with Crippen molar-refractivity contribution in [3.8, 4) is 0 Å². The van der Waals surface area contributed by atoms with Gasteiger partial charge in [-0.3, -0.25) is 4.90 Å². The molecule has 2 aliphatic rings. The SMILES string of the molecule is CC(O)C(C)N1CCCCC1C1CCCC1O. The smallest absolute Gasteiger partial charge is 0.0664 e. The molecule has 2 N–H and O–H groups in total. The Morgan fingerprint density at radius 1 is 1.06 bits per heavy atom. The molecule has 17 heavy (non-hydrogen) atoms. The van der Waals surface area contributed by atoms with Gasteiger partial charge < -0.3 is 10.2 Å². The molecule has 3 nitrogen and oxygen atoms in total. The van der Waals surface area contributed by atoms with E-state index in [1.54, 1.807) is 0 Å². The van der Waals surface area contributed by atoms with Gasteiger partial charge in [0.2, 0.25) is 0 Å². The monoisotopic (exact) mass is 241 g/mol. The number of piperidine rings is 1. The van der Waals surface area contributed by atoms with Gasteiger partial charge >= 0.3 is 0 Å². The van der Waals surface area contributed by atoms with Gasteiger partial charge in [0.1, 0.15) is 0 Å². The predicted molar refractivity (Wildman–Crippen MR) is 68.8 cm³/mol. The third-order valence-electron chi connectivity index (χ3n) is 4.84. The van der Waals surface area contributed by atoms with E-state index in [1.165, 1.54) is 25.7 Å². The van der Waals surface area contributed by atoms with Crippen LogP contribution in [-0.2, 0) is 0 Å². The number of likely N-dealkylation sites (tertiary alicyclic amines) is 1. The Bertz CT molecular complexity index is 244. The Balaban J connectivity index is 2.06. The van der Waals surface area contributed by atoms with Crippen LogP contribution in [0.4, 0.5) is 0 Å². The van der Waals surface area contributed by atoms with Crippen molar-refractivity contribution in [3.63, 3.8) is 0 Å². The van der Waals surface area contributed by atoms with Crippen molar-refractivity contribution >= 4 is 0 Å². The van der Waals surface area contributed by atoms with Crippen LogP contribution in [0.1, 0.15) is 52.4 Å². The lowest BCUT2D eigenvalue weighted by Crippen LogP contribution is -2.53. The third-order valence-corrected chi connectivity index (χ3v) is 4.84. The van der Waals surface area contributed by atoms with Crippen molar-refractivity contribution in [3.05, 3.63) is 0 Å². The minimum atomic E-state index is -0.283. The number of hydrogen-bond acceptors (Lipinski definition) is 3. The predicted octanol–water partition coefficient (Wildman–Crippen LogP) is 1.77. The van der Waals surface area contributed by atoms with Crippen LogP contribution in [0.5, 0.6) is 0 Å². The summed E-state index contributed by atoms with van der Waals surface area (Å²) in [5, 5.41) is 19.9. The number of aliphatic hydroxyl groups is 2. The summed E-state index contributed by atoms with van der Waals surface area (Å²) >= 11 is 0. The lowest BCUT2D eigenvalue weighted by atomic mass is 9.86. The van der Waals surface area contributed by atoms with Gasteiger partial charge in [-0.05, 0) is 46.1 Å². The second-order valence-corrected chi connectivity index (χ2v) is 5.94. The number of hydrogen-bond donors (Lipinski definition) is 2. The molecule has 1 saturated heterocycles. The average molecular weight is 241 g/mol. The highest BCUT2D eigenvalue weighted by Gasteiger charge is 2.39. The van der Waals surface area contributed by atoms with Crippen LogP contribution in [0.25, 0.3) is 0 Å². The van der Waals surface area contributed by atoms with Gasteiger partial charge in [-0.15, -0.1) is 0 Å². The molecule has 2 rings (SSSR count). The lowest BCUT2D eigenvalue weighted by Gasteiger charge is -2.44. The van der Waals surface area contributed by atoms with Crippen LogP contribution in [0, 0.1) is 5.92 Å². The van der Waals surface area contributed by atoms with E-state index in [-0.39, 0.29) is 18.2 Å². The summed E-state index contributed by atoms with van der Waals surface area (Å²) in [7, 11) is 0. The molecule has 0 spiro atoms. The molecule has 100 valence electrons. The van der Waals surface area contributed by atoms with Gasteiger partial charge in [0.15, 0.2) is 0 Å². The molecule has 0 amide bonds. The van der Waals surface area contributed by atoms with Gasteiger partial charge in [-0.1, -0.05) is 12.8 Å². The van der Waals surface area contributed by atoms with Gasteiger partial charge in [0, 0.05) is 18.0 Å². The van der Waals surface area contributed by atoms with Crippen LogP contribution in [0.2, 0.25) is 0 Å². The summed E-state index contributed by atoms with van der Waals surface area (Å²) in [4.78, 5) is 2.45. The minimum absolute atomic E-state index is 0.109. The maximum atomic E-state index is 10.1. The molecule has 0 aromatic rings. The van der Waals surface area contributed by atoms with Gasteiger partial charge in [0.05, 0.1) is 12.2 Å². The van der Waals surface area contributed by atoms with Crippen LogP contribution in [0.3, 0.4) is 0 Å². The Morgan fingerprint density at radius 3 is 2.41 bits per heavy atom. The molecule has 1 heterocycles. The zero-order chi connectivity index (χ0) is 12.4. The third kappa shape index (κ3) is 2.83. The van der Waals surface area contributed by atoms with Gasteiger partial charge in [-0.25, -0.2) is 0 Å². The average Bonchev–Trinajstić information content (AvgIpc) is 2.74. The maximum Gasteiger partial charge on any atom is 0.0664 e. The summed E-state index contributed by atoms with van der Waals surface area (Å²) in [5.74, 6) is 0.441. The molecule has 0 aromatic heterocycles. The molecule has 5 atom stereocenters. The van der Waals surface area contributed by atoms with E-state index in [0.717, 1.165) is 19.4 Å². The number of nitrogens with zero attached hydrogens (tertiary/aromatic N) is 1. The normalized spacial score (nSPS) is 39.2. The second-order valence-electron chi connectivity index (χ2n) is 5.94. The molecule has 5 unspecified atom stereocenters. The fraction of sp³-hybridized carbons (Fsp3) is 1.00. The van der Waals surface area contributed by atoms with E-state index >= 15 is 0 Å². The summed E-state index contributed by atoms with van der Waals surface area (Å²) in [6, 6.07) is 0.707. The molecule has 1 saturated carbocycles. The molecule has 0 aromatic carbocycles. The Hall–Kier alpha value is -0.120. The van der Waals surface area contributed by atoms with Crippen molar-refractivity contribution in [2.24, 2.45) is 5.92 Å². The molecular weight excluding hydrogens is 214 g/mol. The summed E-state index contributed by atoms with van der Waals surface area (Å²) in [5.41, 5.74) is 0. The van der Waals surface area contributed by atoms with Gasteiger partial charge in [0.25, 0.3) is 0 Å². The van der Waals surface area contributed by atoms with Gasteiger partial charge in [-0.2, -0.15) is 0 Å². The first-order valence-corrected chi connectivity index (χ1v) is 7.23. The number of rotatable bonds is 3. The Labute approximate surface area is 105 Å². The first-order chi connectivity index (χ1) is 8.11. The molecule has 0 bridgehead atoms. The summed E-state index contributed by atoms with van der Waals surface area (Å²) in [6.07, 6.45) is 6.61. The summed E-state index contributed by atoms with van der Waals surface area (Å²) in [6.45, 7) is 5.08. The minimum Gasteiger partial charge on any atom is -0.393 e. The van der Waals surface area contributed by atoms with Crippen molar-refractivity contribution in [1.29, 1.82) is 0 Å². The van der Waals surface area contributed by atoms with Crippen molar-refractivity contribution in [2.45, 2.75) is 76.7 Å². The Kier molecular flexibility index (Phi) is 4.45. The van der Waals surface area contributed by atoms with E-state index in [4.69, 9.17) is 0 Å². The largest absolute Gasteiger partial charge is 0.393 e. The Morgan fingerprint density at radius 2 is 1.82 bits per heavy atom. The standard InChI is InChI=1S/C14H27NO2/c1-10(11(2)16)15-9-4-3-7-13(15)12-6-5-8-14(12)17/h10-14,16-17H,3-9H2,1-2H3. The van der Waals surface area contributed by atoms with E-state index < -0.39 is 0 Å². The fourth-order valence-electron chi connectivity index (χ4n) is 3.64.